The molecule has 2 aromatic carbocycles. The van der Waals surface area contributed by atoms with Gasteiger partial charge in [0.1, 0.15) is 17.8 Å². The lowest BCUT2D eigenvalue weighted by Crippen LogP contribution is -2.35. The van der Waals surface area contributed by atoms with Crippen LogP contribution in [0.15, 0.2) is 67.0 Å². The molecule has 1 aliphatic heterocycles. The maximum absolute atomic E-state index is 12.2. The zero-order valence-electron chi connectivity index (χ0n) is 19.4. The molecule has 1 saturated heterocycles. The van der Waals surface area contributed by atoms with E-state index in [2.05, 4.69) is 79.9 Å². The van der Waals surface area contributed by atoms with E-state index in [0.717, 1.165) is 46.8 Å². The Morgan fingerprint density at radius 2 is 1.82 bits per heavy atom. The number of amides is 1. The third-order valence-electron chi connectivity index (χ3n) is 6.40. The molecule has 1 atom stereocenters. The van der Waals surface area contributed by atoms with Crippen molar-refractivity contribution in [3.63, 3.8) is 0 Å². The predicted molar refractivity (Wildman–Crippen MR) is 135 cm³/mol. The maximum atomic E-state index is 12.2. The van der Waals surface area contributed by atoms with Gasteiger partial charge in [0.25, 0.3) is 0 Å². The number of aromatic amines is 1. The highest BCUT2D eigenvalue weighted by molar-refractivity contribution is 5.91. The summed E-state index contributed by atoms with van der Waals surface area (Å²) in [6.07, 6.45) is 3.96. The minimum absolute atomic E-state index is 0.0879. The summed E-state index contributed by atoms with van der Waals surface area (Å²) in [6, 6.07) is 20.8. The Balaban J connectivity index is 1.26. The van der Waals surface area contributed by atoms with E-state index in [4.69, 9.17) is 0 Å². The summed E-state index contributed by atoms with van der Waals surface area (Å²) in [6.45, 7) is 5.21. The first-order chi connectivity index (χ1) is 16.7. The quantitative estimate of drug-likeness (QED) is 0.365. The fourth-order valence-corrected chi connectivity index (χ4v) is 4.44. The van der Waals surface area contributed by atoms with E-state index >= 15 is 0 Å². The summed E-state index contributed by atoms with van der Waals surface area (Å²) in [4.78, 5) is 26.7. The van der Waals surface area contributed by atoms with E-state index in [1.807, 2.05) is 18.2 Å². The molecule has 7 heteroatoms. The van der Waals surface area contributed by atoms with Crippen molar-refractivity contribution >= 4 is 22.8 Å². The van der Waals surface area contributed by atoms with E-state index in [0.29, 0.717) is 13.1 Å². The first-order valence-electron chi connectivity index (χ1n) is 11.9. The van der Waals surface area contributed by atoms with Crippen LogP contribution in [0.1, 0.15) is 36.9 Å². The first kappa shape index (κ1) is 22.1. The molecule has 34 heavy (non-hydrogen) atoms. The Hall–Kier alpha value is -3.71. The van der Waals surface area contributed by atoms with Gasteiger partial charge in [-0.2, -0.15) is 0 Å². The topological polar surface area (TPSA) is 85.9 Å². The zero-order chi connectivity index (χ0) is 23.3. The van der Waals surface area contributed by atoms with Crippen molar-refractivity contribution in [2.45, 2.75) is 32.4 Å². The molecule has 1 aliphatic rings. The molecule has 2 aromatic heterocycles. The van der Waals surface area contributed by atoms with Crippen LogP contribution in [0.2, 0.25) is 0 Å². The van der Waals surface area contributed by atoms with Crippen LogP contribution >= 0.6 is 0 Å². The zero-order valence-corrected chi connectivity index (χ0v) is 19.4. The van der Waals surface area contributed by atoms with Gasteiger partial charge in [0.2, 0.25) is 5.91 Å². The maximum Gasteiger partial charge on any atom is 0.234 e. The van der Waals surface area contributed by atoms with Crippen LogP contribution in [-0.4, -0.2) is 45.4 Å². The monoisotopic (exact) mass is 454 g/mol. The van der Waals surface area contributed by atoms with Crippen LogP contribution in [0.4, 0.5) is 5.82 Å². The number of likely N-dealkylation sites (tertiary alicyclic amines) is 1. The summed E-state index contributed by atoms with van der Waals surface area (Å²) in [5, 5.41) is 7.50. The van der Waals surface area contributed by atoms with E-state index in [1.54, 1.807) is 6.33 Å². The minimum Gasteiger partial charge on any atom is -0.363 e. The smallest absolute Gasteiger partial charge is 0.234 e. The van der Waals surface area contributed by atoms with Crippen molar-refractivity contribution in [3.05, 3.63) is 78.1 Å². The summed E-state index contributed by atoms with van der Waals surface area (Å²) in [5.41, 5.74) is 5.12. The Bertz CT molecular complexity index is 1250. The molecule has 3 N–H and O–H groups in total. The van der Waals surface area contributed by atoms with Gasteiger partial charge in [-0.25, -0.2) is 9.97 Å². The van der Waals surface area contributed by atoms with Gasteiger partial charge in [0.05, 0.1) is 11.9 Å². The van der Waals surface area contributed by atoms with E-state index in [1.165, 1.54) is 18.4 Å². The van der Waals surface area contributed by atoms with Crippen molar-refractivity contribution in [3.8, 4) is 11.3 Å². The fourth-order valence-electron chi connectivity index (χ4n) is 4.44. The van der Waals surface area contributed by atoms with Crippen molar-refractivity contribution < 1.29 is 4.79 Å². The summed E-state index contributed by atoms with van der Waals surface area (Å²) in [5.74, 6) is 0.895. The van der Waals surface area contributed by atoms with Crippen LogP contribution in [0, 0.1) is 0 Å². The van der Waals surface area contributed by atoms with Gasteiger partial charge in [-0.15, -0.1) is 0 Å². The average molecular weight is 455 g/mol. The highest BCUT2D eigenvalue weighted by atomic mass is 16.2. The molecule has 3 heterocycles. The normalized spacial score (nSPS) is 14.9. The number of rotatable bonds is 8. The average Bonchev–Trinajstić information content (AvgIpc) is 3.54. The van der Waals surface area contributed by atoms with Gasteiger partial charge in [0.15, 0.2) is 0 Å². The fraction of sp³-hybridized carbons (Fsp3) is 0.296. The second-order valence-corrected chi connectivity index (χ2v) is 8.90. The summed E-state index contributed by atoms with van der Waals surface area (Å²) < 4.78 is 0. The lowest BCUT2D eigenvalue weighted by Gasteiger charge is -2.15. The van der Waals surface area contributed by atoms with Crippen molar-refractivity contribution in [1.29, 1.82) is 0 Å². The second kappa shape index (κ2) is 10.1. The van der Waals surface area contributed by atoms with Gasteiger partial charge in [-0.1, -0.05) is 54.6 Å². The third kappa shape index (κ3) is 5.10. The number of benzene rings is 2. The van der Waals surface area contributed by atoms with Gasteiger partial charge < -0.3 is 15.6 Å². The second-order valence-electron chi connectivity index (χ2n) is 8.90. The number of carbonyl (C=O) groups excluding carboxylic acids is 1. The molecule has 5 rings (SSSR count). The number of aromatic nitrogens is 3. The highest BCUT2D eigenvalue weighted by Gasteiger charge is 2.15. The van der Waals surface area contributed by atoms with Crippen LogP contribution < -0.4 is 10.6 Å². The van der Waals surface area contributed by atoms with Crippen LogP contribution in [0.3, 0.4) is 0 Å². The molecule has 174 valence electrons. The van der Waals surface area contributed by atoms with Crippen LogP contribution in [-0.2, 0) is 11.3 Å². The first-order valence-corrected chi connectivity index (χ1v) is 11.9. The largest absolute Gasteiger partial charge is 0.363 e. The van der Waals surface area contributed by atoms with Crippen molar-refractivity contribution in [1.82, 2.24) is 25.2 Å². The van der Waals surface area contributed by atoms with E-state index in [9.17, 15) is 4.79 Å². The molecular formula is C27H30N6O. The number of anilines is 1. The third-order valence-corrected chi connectivity index (χ3v) is 6.40. The van der Waals surface area contributed by atoms with Crippen LogP contribution in [0.5, 0.6) is 0 Å². The summed E-state index contributed by atoms with van der Waals surface area (Å²) >= 11 is 0. The number of fused-ring (bicyclic) bond motifs is 1. The Kier molecular flexibility index (Phi) is 6.53. The number of nitrogens with one attached hydrogen (secondary N) is 3. The molecule has 0 saturated carbocycles. The molecule has 4 aromatic rings. The predicted octanol–water partition coefficient (Wildman–Crippen LogP) is 4.51. The number of nitrogens with zero attached hydrogens (tertiary/aromatic N) is 3. The molecule has 0 bridgehead atoms. The van der Waals surface area contributed by atoms with E-state index < -0.39 is 0 Å². The minimum atomic E-state index is 0.0879. The molecule has 0 radical (unpaired) electrons. The highest BCUT2D eigenvalue weighted by Crippen LogP contribution is 2.29. The van der Waals surface area contributed by atoms with Crippen molar-refractivity contribution in [2.75, 3.05) is 25.0 Å². The molecule has 1 amide bonds. The molecule has 0 spiro atoms. The lowest BCUT2D eigenvalue weighted by atomic mass is 10.1. The molecule has 7 nitrogen and oxygen atoms in total. The number of carbonyl (C=O) groups is 1. The van der Waals surface area contributed by atoms with Gasteiger partial charge >= 0.3 is 0 Å². The van der Waals surface area contributed by atoms with Gasteiger partial charge in [0, 0.05) is 18.3 Å². The number of hydrogen-bond donors (Lipinski definition) is 3. The lowest BCUT2D eigenvalue weighted by molar-refractivity contribution is -0.122. The molecule has 0 aliphatic carbocycles. The molecule has 0 unspecified atom stereocenters. The molecule has 1 fully saturated rings. The van der Waals surface area contributed by atoms with E-state index in [-0.39, 0.29) is 11.9 Å². The Labute approximate surface area is 199 Å². The van der Waals surface area contributed by atoms with Crippen LogP contribution in [0.25, 0.3) is 22.3 Å². The van der Waals surface area contributed by atoms with Gasteiger partial charge in [-0.05, 0) is 55.6 Å². The number of hydrogen-bond acceptors (Lipinski definition) is 5. The summed E-state index contributed by atoms with van der Waals surface area (Å²) in [7, 11) is 0. The Morgan fingerprint density at radius 1 is 1.06 bits per heavy atom. The van der Waals surface area contributed by atoms with Crippen molar-refractivity contribution in [2.24, 2.45) is 0 Å². The SMILES string of the molecule is C[C@@H](Nc1ncnc2[nH]c(-c3ccc(CNC(=O)CN4CCCC4)cc3)cc12)c1ccccc1. The van der Waals surface area contributed by atoms with Gasteiger partial charge in [-0.3, -0.25) is 9.69 Å². The molecular weight excluding hydrogens is 424 g/mol. The number of H-pyrrole nitrogens is 1. The Morgan fingerprint density at radius 3 is 2.59 bits per heavy atom. The standard InChI is InChI=1S/C27H30N6O/c1-19(21-7-3-2-4-8-21)31-26-23-15-24(32-27(23)30-18-29-26)22-11-9-20(10-12-22)16-28-25(34)17-33-13-5-6-14-33/h2-4,7-12,15,18-19H,5-6,13-14,16-17H2,1H3,(H,28,34)(H2,29,30,31,32)/t19-/m1/s1.